The normalized spacial score (nSPS) is 13.9. The van der Waals surface area contributed by atoms with Gasteiger partial charge < -0.3 is 10.1 Å². The predicted octanol–water partition coefficient (Wildman–Crippen LogP) is 2.87. The van der Waals surface area contributed by atoms with Crippen LogP contribution in [0.25, 0.3) is 10.9 Å². The Morgan fingerprint density at radius 3 is 2.60 bits per heavy atom. The van der Waals surface area contributed by atoms with Gasteiger partial charge in [0, 0.05) is 29.7 Å². The Kier molecular flexibility index (Phi) is 5.96. The van der Waals surface area contributed by atoms with Crippen LogP contribution in [0.3, 0.4) is 0 Å². The molecule has 3 aromatic rings. The highest BCUT2D eigenvalue weighted by molar-refractivity contribution is 7.89. The first-order valence-corrected chi connectivity index (χ1v) is 11.4. The Balaban J connectivity index is 1.24. The summed E-state index contributed by atoms with van der Waals surface area (Å²) in [5.41, 5.74) is 1.23. The molecule has 0 radical (unpaired) electrons. The van der Waals surface area contributed by atoms with Crippen LogP contribution in [0.5, 0.6) is 5.75 Å². The van der Waals surface area contributed by atoms with E-state index < -0.39 is 10.0 Å². The van der Waals surface area contributed by atoms with Crippen molar-refractivity contribution in [2.24, 2.45) is 0 Å². The fourth-order valence-electron chi connectivity index (χ4n) is 3.03. The topological polar surface area (TPSA) is 97.4 Å². The molecule has 0 spiro atoms. The molecule has 156 valence electrons. The number of ether oxygens (including phenoxy) is 1. The monoisotopic (exact) mass is 425 g/mol. The van der Waals surface area contributed by atoms with Gasteiger partial charge in [0.05, 0.1) is 11.5 Å². The van der Waals surface area contributed by atoms with E-state index in [9.17, 15) is 13.2 Å². The summed E-state index contributed by atoms with van der Waals surface area (Å²) in [4.78, 5) is 16.8. The Labute approximate surface area is 175 Å². The van der Waals surface area contributed by atoms with Gasteiger partial charge in [0.1, 0.15) is 11.3 Å². The van der Waals surface area contributed by atoms with Crippen molar-refractivity contribution in [3.63, 3.8) is 0 Å². The van der Waals surface area contributed by atoms with Crippen LogP contribution in [0.1, 0.15) is 29.6 Å². The molecule has 30 heavy (non-hydrogen) atoms. The van der Waals surface area contributed by atoms with E-state index in [1.165, 1.54) is 24.3 Å². The minimum Gasteiger partial charge on any atom is -0.491 e. The van der Waals surface area contributed by atoms with Gasteiger partial charge in [0.15, 0.2) is 0 Å². The maximum absolute atomic E-state index is 12.3. The van der Waals surface area contributed by atoms with Crippen molar-refractivity contribution in [3.8, 4) is 5.75 Å². The van der Waals surface area contributed by atoms with E-state index in [-0.39, 0.29) is 16.8 Å². The molecule has 1 aromatic heterocycles. The highest BCUT2D eigenvalue weighted by Gasteiger charge is 2.27. The molecule has 1 aliphatic rings. The van der Waals surface area contributed by atoms with Crippen LogP contribution in [0.15, 0.2) is 65.7 Å². The average Bonchev–Trinajstić information content (AvgIpc) is 3.57. The number of hydrogen-bond acceptors (Lipinski definition) is 5. The zero-order chi connectivity index (χ0) is 21.0. The Bertz CT molecular complexity index is 1140. The summed E-state index contributed by atoms with van der Waals surface area (Å²) in [6.07, 6.45) is 4.11. The number of carbonyl (C=O) groups excluding carboxylic acids is 1. The zero-order valence-corrected chi connectivity index (χ0v) is 17.2. The lowest BCUT2D eigenvalue weighted by Crippen LogP contribution is -2.27. The molecule has 7 nitrogen and oxygen atoms in total. The SMILES string of the molecule is O=C(NCCCOc1cccc2cccnc12)c1ccc(S(=O)(=O)NC2CC2)cc1. The van der Waals surface area contributed by atoms with Crippen molar-refractivity contribution in [1.82, 2.24) is 15.0 Å². The summed E-state index contributed by atoms with van der Waals surface area (Å²) < 4.78 is 32.8. The van der Waals surface area contributed by atoms with Crippen LogP contribution in [0.2, 0.25) is 0 Å². The van der Waals surface area contributed by atoms with Crippen molar-refractivity contribution in [3.05, 3.63) is 66.4 Å². The molecule has 1 aliphatic carbocycles. The number of benzene rings is 2. The minimum absolute atomic E-state index is 0.0462. The van der Waals surface area contributed by atoms with Crippen LogP contribution in [-0.4, -0.2) is 38.5 Å². The van der Waals surface area contributed by atoms with Gasteiger partial charge in [0.25, 0.3) is 5.91 Å². The van der Waals surface area contributed by atoms with E-state index in [4.69, 9.17) is 4.74 Å². The van der Waals surface area contributed by atoms with E-state index in [1.807, 2.05) is 30.3 Å². The van der Waals surface area contributed by atoms with Gasteiger partial charge in [-0.15, -0.1) is 0 Å². The maximum Gasteiger partial charge on any atom is 0.251 e. The van der Waals surface area contributed by atoms with Gasteiger partial charge in [-0.3, -0.25) is 9.78 Å². The summed E-state index contributed by atoms with van der Waals surface area (Å²) in [6, 6.07) is 15.6. The molecular formula is C22H23N3O4S. The van der Waals surface area contributed by atoms with E-state index >= 15 is 0 Å². The molecule has 1 saturated carbocycles. The molecule has 0 atom stereocenters. The third-order valence-corrected chi connectivity index (χ3v) is 6.32. The van der Waals surface area contributed by atoms with Crippen LogP contribution < -0.4 is 14.8 Å². The number of sulfonamides is 1. The van der Waals surface area contributed by atoms with Crippen LogP contribution >= 0.6 is 0 Å². The van der Waals surface area contributed by atoms with Gasteiger partial charge in [-0.25, -0.2) is 13.1 Å². The first-order chi connectivity index (χ1) is 14.5. The minimum atomic E-state index is -3.51. The van der Waals surface area contributed by atoms with Gasteiger partial charge in [-0.05, 0) is 55.7 Å². The van der Waals surface area contributed by atoms with E-state index in [0.29, 0.717) is 25.1 Å². The molecule has 2 N–H and O–H groups in total. The third kappa shape index (κ3) is 4.95. The number of hydrogen-bond donors (Lipinski definition) is 2. The number of nitrogens with zero attached hydrogens (tertiary/aromatic N) is 1. The molecule has 1 heterocycles. The second-order valence-electron chi connectivity index (χ2n) is 7.21. The molecule has 2 aromatic carbocycles. The summed E-state index contributed by atoms with van der Waals surface area (Å²) in [7, 11) is -3.51. The standard InChI is InChI=1S/C22H23N3O4S/c26-22(17-7-11-19(12-8-17)30(27,28)25-18-9-10-18)24-14-3-15-29-20-6-1-4-16-5-2-13-23-21(16)20/h1-2,4-8,11-13,18,25H,3,9-10,14-15H2,(H,24,26). The molecule has 8 heteroatoms. The molecule has 0 bridgehead atoms. The summed E-state index contributed by atoms with van der Waals surface area (Å²) in [6.45, 7) is 0.889. The number of carbonyl (C=O) groups is 1. The van der Waals surface area contributed by atoms with Gasteiger partial charge in [-0.1, -0.05) is 18.2 Å². The number of para-hydroxylation sites is 1. The fourth-order valence-corrected chi connectivity index (χ4v) is 4.33. The van der Waals surface area contributed by atoms with Crippen molar-refractivity contribution < 1.29 is 17.9 Å². The van der Waals surface area contributed by atoms with Gasteiger partial charge >= 0.3 is 0 Å². The number of fused-ring (bicyclic) bond motifs is 1. The molecule has 0 aliphatic heterocycles. The lowest BCUT2D eigenvalue weighted by Gasteiger charge is -2.10. The summed E-state index contributed by atoms with van der Waals surface area (Å²) in [5.74, 6) is 0.469. The predicted molar refractivity (Wildman–Crippen MR) is 114 cm³/mol. The van der Waals surface area contributed by atoms with E-state index in [0.717, 1.165) is 29.5 Å². The summed E-state index contributed by atoms with van der Waals surface area (Å²) in [5, 5.41) is 3.84. The lowest BCUT2D eigenvalue weighted by atomic mass is 10.2. The number of pyridine rings is 1. The fraction of sp³-hybridized carbons (Fsp3) is 0.273. The Hall–Kier alpha value is -2.97. The zero-order valence-electron chi connectivity index (χ0n) is 16.4. The van der Waals surface area contributed by atoms with Crippen molar-refractivity contribution >= 4 is 26.8 Å². The Morgan fingerprint density at radius 2 is 1.83 bits per heavy atom. The highest BCUT2D eigenvalue weighted by Crippen LogP contribution is 2.23. The number of nitrogens with one attached hydrogen (secondary N) is 2. The van der Waals surface area contributed by atoms with Crippen molar-refractivity contribution in [2.45, 2.75) is 30.2 Å². The van der Waals surface area contributed by atoms with Crippen LogP contribution in [-0.2, 0) is 10.0 Å². The second kappa shape index (κ2) is 8.81. The largest absolute Gasteiger partial charge is 0.491 e. The summed E-state index contributed by atoms with van der Waals surface area (Å²) >= 11 is 0. The maximum atomic E-state index is 12.3. The third-order valence-electron chi connectivity index (χ3n) is 4.79. The number of amides is 1. The van der Waals surface area contributed by atoms with Gasteiger partial charge in [-0.2, -0.15) is 0 Å². The first-order valence-electron chi connectivity index (χ1n) is 9.90. The van der Waals surface area contributed by atoms with Crippen LogP contribution in [0.4, 0.5) is 0 Å². The molecular weight excluding hydrogens is 402 g/mol. The van der Waals surface area contributed by atoms with Crippen molar-refractivity contribution in [2.75, 3.05) is 13.2 Å². The molecule has 4 rings (SSSR count). The molecule has 1 fully saturated rings. The second-order valence-corrected chi connectivity index (χ2v) is 8.92. The molecule has 0 unspecified atom stereocenters. The van der Waals surface area contributed by atoms with Crippen molar-refractivity contribution in [1.29, 1.82) is 0 Å². The molecule has 0 saturated heterocycles. The molecule has 1 amide bonds. The smallest absolute Gasteiger partial charge is 0.251 e. The highest BCUT2D eigenvalue weighted by atomic mass is 32.2. The number of rotatable bonds is 9. The lowest BCUT2D eigenvalue weighted by molar-refractivity contribution is 0.0951. The van der Waals surface area contributed by atoms with E-state index in [2.05, 4.69) is 15.0 Å². The van der Waals surface area contributed by atoms with Gasteiger partial charge in [0.2, 0.25) is 10.0 Å². The first kappa shape index (κ1) is 20.3. The quantitative estimate of drug-likeness (QED) is 0.514. The van der Waals surface area contributed by atoms with E-state index in [1.54, 1.807) is 6.20 Å². The van der Waals surface area contributed by atoms with Crippen LogP contribution in [0, 0.1) is 0 Å². The Morgan fingerprint density at radius 1 is 1.07 bits per heavy atom. The number of aromatic nitrogens is 1. The average molecular weight is 426 g/mol.